The smallest absolute Gasteiger partial charge is 0.417 e. The number of imide groups is 1. The number of pyridine rings is 1. The molecule has 3 aliphatic rings. The Morgan fingerprint density at radius 1 is 0.945 bits per heavy atom. The molecule has 282 valence electrons. The fraction of sp³-hybridized carbons (Fsp3) is 0.216. The maximum Gasteiger partial charge on any atom is 0.417 e. The van der Waals surface area contributed by atoms with Crippen molar-refractivity contribution in [2.75, 3.05) is 12.5 Å². The van der Waals surface area contributed by atoms with Crippen LogP contribution in [-0.4, -0.2) is 48.0 Å². The Morgan fingerprint density at radius 3 is 2.31 bits per heavy atom. The van der Waals surface area contributed by atoms with Gasteiger partial charge in [-0.3, -0.25) is 15.0 Å². The van der Waals surface area contributed by atoms with Crippen molar-refractivity contribution in [2.24, 2.45) is 5.92 Å². The van der Waals surface area contributed by atoms with Gasteiger partial charge < -0.3 is 9.84 Å². The summed E-state index contributed by atoms with van der Waals surface area (Å²) in [5.74, 6) is -4.96. The number of hydrazine groups is 1. The van der Waals surface area contributed by atoms with Crippen LogP contribution in [0.1, 0.15) is 35.1 Å². The number of phenolic OH excluding ortho intramolecular Hbond substituents is 1. The first-order valence-electron chi connectivity index (χ1n) is 16.6. The van der Waals surface area contributed by atoms with Crippen molar-refractivity contribution in [1.82, 2.24) is 23.9 Å². The van der Waals surface area contributed by atoms with Gasteiger partial charge in [0.1, 0.15) is 0 Å². The fourth-order valence-electron chi connectivity index (χ4n) is 8.13. The molecule has 2 aromatic heterocycles. The number of aromatic hydroxyl groups is 1. The van der Waals surface area contributed by atoms with Crippen LogP contribution < -0.4 is 21.5 Å². The molecule has 2 N–H and O–H groups in total. The molecule has 8 rings (SSSR count). The lowest BCUT2D eigenvalue weighted by Crippen LogP contribution is -2.53. The molecular formula is C37H26Cl3F3N6O6. The second-order valence-electron chi connectivity index (χ2n) is 13.2. The molecule has 0 spiro atoms. The quantitative estimate of drug-likeness (QED) is 0.146. The number of halogens is 6. The van der Waals surface area contributed by atoms with E-state index in [-0.39, 0.29) is 29.5 Å². The monoisotopic (exact) mass is 812 g/mol. The van der Waals surface area contributed by atoms with Gasteiger partial charge in [0.25, 0.3) is 11.8 Å². The molecule has 4 heterocycles. The van der Waals surface area contributed by atoms with Gasteiger partial charge in [-0.25, -0.2) is 28.5 Å². The third kappa shape index (κ3) is 5.46. The van der Waals surface area contributed by atoms with E-state index in [0.717, 1.165) is 4.57 Å². The van der Waals surface area contributed by atoms with Crippen LogP contribution in [0.15, 0.2) is 100 Å². The van der Waals surface area contributed by atoms with E-state index < -0.39 is 69.1 Å². The van der Waals surface area contributed by atoms with Crippen molar-refractivity contribution in [3.05, 3.63) is 143 Å². The maximum absolute atomic E-state index is 15.3. The van der Waals surface area contributed by atoms with Crippen molar-refractivity contribution >= 4 is 52.4 Å². The molecule has 0 bridgehead atoms. The summed E-state index contributed by atoms with van der Waals surface area (Å²) in [5, 5.41) is 11.1. The number of rotatable bonds is 6. The number of allylic oxidation sites excluding steroid dienone is 2. The van der Waals surface area contributed by atoms with E-state index >= 15 is 4.79 Å². The summed E-state index contributed by atoms with van der Waals surface area (Å²) in [6.45, 7) is -0.101. The zero-order valence-electron chi connectivity index (χ0n) is 28.2. The summed E-state index contributed by atoms with van der Waals surface area (Å²) >= 11 is 19.1. The Hall–Kier alpha value is -5.51. The number of methoxy groups -OCH3 is 1. The Balaban J connectivity index is 1.38. The largest absolute Gasteiger partial charge is 0.503 e. The summed E-state index contributed by atoms with van der Waals surface area (Å²) in [5.41, 5.74) is -0.356. The molecule has 2 fully saturated rings. The molecule has 5 aromatic rings. The molecule has 2 aliphatic heterocycles. The average molecular weight is 814 g/mol. The van der Waals surface area contributed by atoms with Gasteiger partial charge in [0.05, 0.1) is 52.3 Å². The number of amides is 2. The molecule has 12 nitrogen and oxygen atoms in total. The summed E-state index contributed by atoms with van der Waals surface area (Å²) in [6.07, 6.45) is -2.74. The molecule has 1 aliphatic carbocycles. The number of fused-ring (bicyclic) bond motifs is 4. The number of anilines is 1. The van der Waals surface area contributed by atoms with Crippen LogP contribution in [0.25, 0.3) is 5.69 Å². The summed E-state index contributed by atoms with van der Waals surface area (Å²) in [4.78, 5) is 62.1. The van der Waals surface area contributed by atoms with Crippen molar-refractivity contribution in [3.63, 3.8) is 0 Å². The van der Waals surface area contributed by atoms with Crippen LogP contribution in [-0.2, 0) is 27.7 Å². The minimum atomic E-state index is -4.77. The molecule has 1 saturated heterocycles. The summed E-state index contributed by atoms with van der Waals surface area (Å²) in [6, 6.07) is 17.0. The second kappa shape index (κ2) is 13.1. The third-order valence-corrected chi connectivity index (χ3v) is 11.3. The lowest BCUT2D eigenvalue weighted by atomic mass is 9.53. The number of benzene rings is 3. The fourth-order valence-corrected chi connectivity index (χ4v) is 8.69. The zero-order chi connectivity index (χ0) is 39.1. The Labute approximate surface area is 323 Å². The van der Waals surface area contributed by atoms with Gasteiger partial charge in [0, 0.05) is 17.1 Å². The number of hydrogen-bond donors (Lipinski definition) is 2. The topological polar surface area (TPSA) is 141 Å². The van der Waals surface area contributed by atoms with E-state index in [9.17, 15) is 32.7 Å². The number of aromatic nitrogens is 4. The van der Waals surface area contributed by atoms with Crippen LogP contribution in [0.4, 0.5) is 19.0 Å². The number of ether oxygens (including phenoxy) is 1. The molecule has 0 radical (unpaired) electrons. The maximum atomic E-state index is 15.3. The lowest BCUT2D eigenvalue weighted by molar-refractivity contribution is -0.139. The zero-order valence-corrected chi connectivity index (χ0v) is 30.5. The van der Waals surface area contributed by atoms with Crippen LogP contribution in [0.5, 0.6) is 11.5 Å². The van der Waals surface area contributed by atoms with Crippen molar-refractivity contribution < 1.29 is 32.6 Å². The van der Waals surface area contributed by atoms with Crippen molar-refractivity contribution in [3.8, 4) is 17.2 Å². The molecule has 1 saturated carbocycles. The molecule has 0 unspecified atom stereocenters. The van der Waals surface area contributed by atoms with Crippen molar-refractivity contribution in [1.29, 1.82) is 0 Å². The van der Waals surface area contributed by atoms with Gasteiger partial charge in [-0.1, -0.05) is 71.2 Å². The van der Waals surface area contributed by atoms with Gasteiger partial charge in [-0.15, -0.1) is 0 Å². The number of para-hydroxylation sites is 1. The Morgan fingerprint density at radius 2 is 1.65 bits per heavy atom. The first-order chi connectivity index (χ1) is 26.2. The van der Waals surface area contributed by atoms with Gasteiger partial charge in [-0.05, 0) is 65.6 Å². The average Bonchev–Trinajstić information content (AvgIpc) is 3.54. The minimum absolute atomic E-state index is 0.0550. The van der Waals surface area contributed by atoms with Gasteiger partial charge in [0.2, 0.25) is 0 Å². The number of nitrogens with one attached hydrogen (secondary N) is 1. The van der Waals surface area contributed by atoms with Crippen molar-refractivity contribution in [2.45, 2.75) is 36.5 Å². The molecule has 3 aromatic carbocycles. The van der Waals surface area contributed by atoms with E-state index in [1.807, 2.05) is 0 Å². The van der Waals surface area contributed by atoms with Crippen LogP contribution in [0.2, 0.25) is 15.1 Å². The highest BCUT2D eigenvalue weighted by Gasteiger charge is 2.69. The number of carbonyl (C=O) groups excluding carboxylic acids is 2. The first kappa shape index (κ1) is 36.5. The molecule has 4 atom stereocenters. The number of hydrogen-bond acceptors (Lipinski definition) is 8. The van der Waals surface area contributed by atoms with Crippen LogP contribution in [0.3, 0.4) is 0 Å². The highest BCUT2D eigenvalue weighted by Crippen LogP contribution is 2.62. The second-order valence-corrected chi connectivity index (χ2v) is 14.4. The summed E-state index contributed by atoms with van der Waals surface area (Å²) in [7, 11) is 1.30. The number of nitrogens with zero attached hydrogens (tertiary/aromatic N) is 5. The van der Waals surface area contributed by atoms with Gasteiger partial charge >= 0.3 is 17.6 Å². The minimum Gasteiger partial charge on any atom is -0.503 e. The Bertz CT molecular complexity index is 2570. The predicted molar refractivity (Wildman–Crippen MR) is 195 cm³/mol. The first-order valence-corrected chi connectivity index (χ1v) is 17.7. The van der Waals surface area contributed by atoms with Gasteiger partial charge in [-0.2, -0.15) is 18.2 Å². The SMILES string of the molecule is COc1cc([C@H]2C3=CCn4c(=O)n(-c5ccccc5)c(=O)n4[C@@H]3C[C@H]3C(=O)N(Nc4ncc(C(F)(F)F)cc4Cl)C(=O)[C@@]23c2ccc(Cl)cc2)cc(Cl)c1O. The van der Waals surface area contributed by atoms with Gasteiger partial charge in [0.15, 0.2) is 17.3 Å². The standard InChI is InChI=1S/C37H26Cl3F3N6O6/c1-55-28-14-18(13-25(39)30(28)50)29-23-11-12-46-34(53)47(22-5-3-2-4-6-22)35(54)49(46)27(23)16-24-32(51)48(33(52)36(24,29)19-7-9-21(38)10-8-19)45-31-26(40)15-20(17-44-31)37(41,42)43/h2-11,13-15,17,24,27,29,50H,12,16H2,1H3,(H,44,45)/t24-,27+,29-,36+/m0/s1. The molecule has 55 heavy (non-hydrogen) atoms. The lowest BCUT2D eigenvalue weighted by Gasteiger charge is -2.49. The van der Waals surface area contributed by atoms with E-state index in [4.69, 9.17) is 39.5 Å². The van der Waals surface area contributed by atoms with Crippen LogP contribution in [0, 0.1) is 5.92 Å². The molecule has 2 amide bonds. The molecule has 18 heteroatoms. The van der Waals surface area contributed by atoms with Crippen LogP contribution >= 0.6 is 34.8 Å². The van der Waals surface area contributed by atoms with E-state index in [1.165, 1.54) is 40.7 Å². The molecular weight excluding hydrogens is 788 g/mol. The normalized spacial score (nSPS) is 21.8. The predicted octanol–water partition coefficient (Wildman–Crippen LogP) is 6.51. The van der Waals surface area contributed by atoms with E-state index in [1.54, 1.807) is 48.5 Å². The summed E-state index contributed by atoms with van der Waals surface area (Å²) < 4.78 is 49.4. The highest BCUT2D eigenvalue weighted by atomic mass is 35.5. The highest BCUT2D eigenvalue weighted by molar-refractivity contribution is 6.33. The number of alkyl halides is 3. The van der Waals surface area contributed by atoms with E-state index in [0.29, 0.717) is 44.7 Å². The Kier molecular flexibility index (Phi) is 8.66. The number of phenols is 1. The third-order valence-electron chi connectivity index (χ3n) is 10.4. The number of carbonyl (C=O) groups is 2. The van der Waals surface area contributed by atoms with E-state index in [2.05, 4.69) is 10.4 Å².